The van der Waals surface area contributed by atoms with E-state index in [1.807, 2.05) is 18.7 Å². The maximum atomic E-state index is 13.5. The second-order valence-corrected chi connectivity index (χ2v) is 9.95. The highest BCUT2D eigenvalue weighted by Gasteiger charge is 2.60. The zero-order valence-electron chi connectivity index (χ0n) is 17.1. The van der Waals surface area contributed by atoms with Gasteiger partial charge >= 0.3 is 0 Å². The number of carbonyl (C=O) groups excluding carboxylic acids is 2. The van der Waals surface area contributed by atoms with Crippen molar-refractivity contribution < 1.29 is 9.59 Å². The van der Waals surface area contributed by atoms with E-state index in [0.717, 1.165) is 45.2 Å². The predicted octanol–water partition coefficient (Wildman–Crippen LogP) is 0.784. The third-order valence-electron chi connectivity index (χ3n) is 7.13. The highest BCUT2D eigenvalue weighted by atomic mass is 35.5. The largest absolute Gasteiger partial charge is 0.329 e. The molecule has 8 heteroatoms. The van der Waals surface area contributed by atoms with Crippen molar-refractivity contribution in [1.82, 2.24) is 25.6 Å². The van der Waals surface area contributed by atoms with E-state index in [-0.39, 0.29) is 29.8 Å². The molecule has 3 saturated heterocycles. The Balaban J connectivity index is 1.51. The van der Waals surface area contributed by atoms with E-state index in [2.05, 4.69) is 15.8 Å². The van der Waals surface area contributed by atoms with Crippen LogP contribution in [0, 0.1) is 5.92 Å². The molecule has 158 valence electrons. The van der Waals surface area contributed by atoms with Crippen LogP contribution >= 0.6 is 11.6 Å². The summed E-state index contributed by atoms with van der Waals surface area (Å²) in [6.07, 6.45) is 5.20. The zero-order valence-corrected chi connectivity index (χ0v) is 17.9. The van der Waals surface area contributed by atoms with Crippen molar-refractivity contribution in [2.45, 2.75) is 69.0 Å². The molecule has 1 spiro atoms. The lowest BCUT2D eigenvalue weighted by atomic mass is 9.79. The number of hydrazine groups is 1. The molecule has 7 nitrogen and oxygen atoms in total. The molecule has 0 aromatic rings. The Bertz CT molecular complexity index is 595. The Morgan fingerprint density at radius 1 is 1.11 bits per heavy atom. The first-order chi connectivity index (χ1) is 13.4. The van der Waals surface area contributed by atoms with Crippen molar-refractivity contribution in [3.8, 4) is 0 Å². The molecule has 0 bridgehead atoms. The van der Waals surface area contributed by atoms with Crippen molar-refractivity contribution in [3.63, 3.8) is 0 Å². The highest BCUT2D eigenvalue weighted by molar-refractivity contribution is 6.20. The van der Waals surface area contributed by atoms with Gasteiger partial charge in [0.15, 0.2) is 0 Å². The highest BCUT2D eigenvalue weighted by Crippen LogP contribution is 2.38. The Morgan fingerprint density at radius 3 is 2.43 bits per heavy atom. The minimum Gasteiger partial charge on any atom is -0.329 e. The molecule has 4 rings (SSSR count). The van der Waals surface area contributed by atoms with Gasteiger partial charge in [-0.1, -0.05) is 0 Å². The van der Waals surface area contributed by atoms with Crippen molar-refractivity contribution in [3.05, 3.63) is 0 Å². The van der Waals surface area contributed by atoms with Gasteiger partial charge < -0.3 is 9.80 Å². The van der Waals surface area contributed by atoms with Gasteiger partial charge in [-0.25, -0.2) is 0 Å². The summed E-state index contributed by atoms with van der Waals surface area (Å²) >= 11 is 6.27. The molecule has 2 N–H and O–H groups in total. The van der Waals surface area contributed by atoms with Crippen LogP contribution in [0.2, 0.25) is 0 Å². The van der Waals surface area contributed by atoms with E-state index >= 15 is 0 Å². The fourth-order valence-electron chi connectivity index (χ4n) is 5.30. The SMILES string of the molecule is CC(C)N1CC(=O)N(CC2CCC(Cl)CC2)C2(CN(C3CCNNC3)C2)C1=O. The first-order valence-corrected chi connectivity index (χ1v) is 11.3. The zero-order chi connectivity index (χ0) is 19.9. The number of amides is 2. The molecule has 2 amide bonds. The number of carbonyl (C=O) groups is 2. The second kappa shape index (κ2) is 8.09. The number of rotatable bonds is 4. The Labute approximate surface area is 173 Å². The molecule has 1 saturated carbocycles. The van der Waals surface area contributed by atoms with Crippen LogP contribution in [0.5, 0.6) is 0 Å². The summed E-state index contributed by atoms with van der Waals surface area (Å²) < 4.78 is 0. The number of hydrogen-bond donors (Lipinski definition) is 2. The average molecular weight is 412 g/mol. The maximum Gasteiger partial charge on any atom is 0.251 e. The summed E-state index contributed by atoms with van der Waals surface area (Å²) in [5.74, 6) is 0.722. The van der Waals surface area contributed by atoms with Gasteiger partial charge in [0.25, 0.3) is 5.91 Å². The lowest BCUT2D eigenvalue weighted by molar-refractivity contribution is -0.184. The van der Waals surface area contributed by atoms with Crippen LogP contribution in [0.4, 0.5) is 0 Å². The summed E-state index contributed by atoms with van der Waals surface area (Å²) in [5.41, 5.74) is 5.72. The topological polar surface area (TPSA) is 67.9 Å². The lowest BCUT2D eigenvalue weighted by Crippen LogP contribution is -2.83. The van der Waals surface area contributed by atoms with Gasteiger partial charge in [-0.3, -0.25) is 25.3 Å². The summed E-state index contributed by atoms with van der Waals surface area (Å²) in [7, 11) is 0. The van der Waals surface area contributed by atoms with Gasteiger partial charge in [0.05, 0.1) is 0 Å². The molecule has 1 atom stereocenters. The number of piperazine rings is 1. The molecule has 0 aromatic heterocycles. The first kappa shape index (κ1) is 20.4. The van der Waals surface area contributed by atoms with Crippen LogP contribution in [0.1, 0.15) is 46.0 Å². The van der Waals surface area contributed by atoms with Gasteiger partial charge in [0.1, 0.15) is 12.1 Å². The Morgan fingerprint density at radius 2 is 1.82 bits per heavy atom. The molecule has 0 radical (unpaired) electrons. The number of nitrogens with one attached hydrogen (secondary N) is 2. The van der Waals surface area contributed by atoms with E-state index in [0.29, 0.717) is 31.6 Å². The van der Waals surface area contributed by atoms with Gasteiger partial charge in [-0.2, -0.15) is 0 Å². The fraction of sp³-hybridized carbons (Fsp3) is 0.900. The number of alkyl halides is 1. The maximum absolute atomic E-state index is 13.5. The van der Waals surface area contributed by atoms with Crippen LogP contribution in [0.25, 0.3) is 0 Å². The smallest absolute Gasteiger partial charge is 0.251 e. The molecule has 1 unspecified atom stereocenters. The van der Waals surface area contributed by atoms with E-state index < -0.39 is 5.54 Å². The second-order valence-electron chi connectivity index (χ2n) is 9.34. The van der Waals surface area contributed by atoms with Gasteiger partial charge in [-0.15, -0.1) is 11.6 Å². The van der Waals surface area contributed by atoms with E-state index in [4.69, 9.17) is 11.6 Å². The molecular weight excluding hydrogens is 378 g/mol. The molecular formula is C20H34ClN5O2. The Kier molecular flexibility index (Phi) is 5.89. The van der Waals surface area contributed by atoms with Crippen LogP contribution < -0.4 is 10.9 Å². The monoisotopic (exact) mass is 411 g/mol. The summed E-state index contributed by atoms with van der Waals surface area (Å²) in [4.78, 5) is 32.8. The van der Waals surface area contributed by atoms with Gasteiger partial charge in [0, 0.05) is 50.2 Å². The molecule has 1 aliphatic carbocycles. The number of hydrogen-bond acceptors (Lipinski definition) is 5. The molecule has 4 fully saturated rings. The minimum absolute atomic E-state index is 0.0526. The quantitative estimate of drug-likeness (QED) is 0.669. The average Bonchev–Trinajstić information content (AvgIpc) is 2.65. The van der Waals surface area contributed by atoms with Crippen molar-refractivity contribution in [2.24, 2.45) is 5.92 Å². The number of likely N-dealkylation sites (tertiary alicyclic amines) is 1. The van der Waals surface area contributed by atoms with Crippen molar-refractivity contribution in [2.75, 3.05) is 39.3 Å². The van der Waals surface area contributed by atoms with Gasteiger partial charge in [0.2, 0.25) is 5.91 Å². The normalized spacial score (nSPS) is 34.2. The summed E-state index contributed by atoms with van der Waals surface area (Å²) in [5, 5.41) is 0.270. The van der Waals surface area contributed by atoms with E-state index in [1.165, 1.54) is 0 Å². The summed E-state index contributed by atoms with van der Waals surface area (Å²) in [6.45, 7) is 8.08. The molecule has 4 aliphatic rings. The number of halogens is 1. The van der Waals surface area contributed by atoms with Crippen LogP contribution in [0.15, 0.2) is 0 Å². The lowest BCUT2D eigenvalue weighted by Gasteiger charge is -2.61. The van der Waals surface area contributed by atoms with Crippen LogP contribution in [0.3, 0.4) is 0 Å². The van der Waals surface area contributed by atoms with E-state index in [1.54, 1.807) is 4.90 Å². The molecule has 3 heterocycles. The molecule has 0 aromatic carbocycles. The minimum atomic E-state index is -0.664. The number of nitrogens with zero attached hydrogens (tertiary/aromatic N) is 3. The Hall–Kier alpha value is -0.890. The van der Waals surface area contributed by atoms with Crippen LogP contribution in [-0.4, -0.2) is 88.8 Å². The molecule has 3 aliphatic heterocycles. The molecule has 28 heavy (non-hydrogen) atoms. The van der Waals surface area contributed by atoms with Crippen molar-refractivity contribution in [1.29, 1.82) is 0 Å². The predicted molar refractivity (Wildman–Crippen MR) is 109 cm³/mol. The third-order valence-corrected chi connectivity index (χ3v) is 7.57. The summed E-state index contributed by atoms with van der Waals surface area (Å²) in [6, 6.07) is 0.481. The fourth-order valence-corrected chi connectivity index (χ4v) is 5.55. The van der Waals surface area contributed by atoms with Crippen molar-refractivity contribution >= 4 is 23.4 Å². The van der Waals surface area contributed by atoms with Gasteiger partial charge in [-0.05, 0) is 51.9 Å². The standard InChI is InChI=1S/C20H34ClN5O2/c1-14(2)25-11-18(27)26(10-15-3-5-16(21)6-4-15)20(19(25)28)12-24(13-20)17-7-8-22-23-9-17/h14-17,22-23H,3-13H2,1-2H3. The van der Waals surface area contributed by atoms with E-state index in [9.17, 15) is 9.59 Å². The third kappa shape index (κ3) is 3.66. The first-order valence-electron chi connectivity index (χ1n) is 10.9. The van der Waals surface area contributed by atoms with Crippen LogP contribution in [-0.2, 0) is 9.59 Å².